The number of hydrogen-bond donors (Lipinski definition) is 0. The summed E-state index contributed by atoms with van der Waals surface area (Å²) in [5, 5.41) is 21.4. The van der Waals surface area contributed by atoms with Gasteiger partial charge < -0.3 is 9.67 Å². The third kappa shape index (κ3) is 3.16. The molecule has 0 radical (unpaired) electrons. The van der Waals surface area contributed by atoms with E-state index in [0.29, 0.717) is 10.7 Å². The first-order chi connectivity index (χ1) is 13.4. The maximum absolute atomic E-state index is 12.7. The van der Waals surface area contributed by atoms with Gasteiger partial charge in [-0.25, -0.2) is 0 Å². The van der Waals surface area contributed by atoms with Crippen molar-refractivity contribution in [2.24, 2.45) is 12.1 Å². The van der Waals surface area contributed by atoms with E-state index in [0.717, 1.165) is 21.5 Å². The highest BCUT2D eigenvalue weighted by atomic mass is 35.5. The third-order valence-electron chi connectivity index (χ3n) is 4.44. The van der Waals surface area contributed by atoms with Crippen molar-refractivity contribution in [3.05, 3.63) is 81.2 Å². The average molecular weight is 394 g/mol. The molecular formula is C20H16ClN5O2. The Balaban J connectivity index is 1.82. The summed E-state index contributed by atoms with van der Waals surface area (Å²) in [6.45, 7) is 1.99. The van der Waals surface area contributed by atoms with Crippen molar-refractivity contribution in [2.75, 3.05) is 0 Å². The summed E-state index contributed by atoms with van der Waals surface area (Å²) in [5.74, 6) is -0.577. The normalized spacial score (nSPS) is 11.5. The summed E-state index contributed by atoms with van der Waals surface area (Å²) in [4.78, 5) is 13.7. The van der Waals surface area contributed by atoms with Crippen LogP contribution in [0.2, 0.25) is 5.02 Å². The summed E-state index contributed by atoms with van der Waals surface area (Å²) >= 11 is 5.94. The molecule has 2 heterocycles. The van der Waals surface area contributed by atoms with Crippen LogP contribution in [0, 0.1) is 6.92 Å². The van der Waals surface area contributed by atoms with Gasteiger partial charge in [0.15, 0.2) is 5.88 Å². The van der Waals surface area contributed by atoms with Crippen LogP contribution in [-0.4, -0.2) is 20.8 Å². The molecule has 0 saturated heterocycles. The Hall–Kier alpha value is -3.45. The Labute approximate surface area is 165 Å². The molecule has 7 nitrogen and oxygen atoms in total. The molecule has 0 spiro atoms. The Morgan fingerprint density at radius 3 is 2.50 bits per heavy atom. The highest BCUT2D eigenvalue weighted by Gasteiger charge is 2.20. The molecule has 0 unspecified atom stereocenters. The van der Waals surface area contributed by atoms with E-state index in [-0.39, 0.29) is 5.52 Å². The number of aromatic nitrogens is 4. The van der Waals surface area contributed by atoms with E-state index in [4.69, 9.17) is 11.6 Å². The first-order valence-electron chi connectivity index (χ1n) is 8.53. The summed E-state index contributed by atoms with van der Waals surface area (Å²) in [6, 6.07) is 14.7. The van der Waals surface area contributed by atoms with E-state index in [1.165, 1.54) is 15.3 Å². The predicted octanol–water partition coefficient (Wildman–Crippen LogP) is 1.91. The van der Waals surface area contributed by atoms with Crippen molar-refractivity contribution in [2.45, 2.75) is 6.92 Å². The highest BCUT2D eigenvalue weighted by molar-refractivity contribution is 6.30. The van der Waals surface area contributed by atoms with Crippen molar-refractivity contribution >= 4 is 23.3 Å². The number of benzene rings is 2. The smallest absolute Gasteiger partial charge is 0.303 e. The van der Waals surface area contributed by atoms with E-state index in [1.807, 2.05) is 31.2 Å². The van der Waals surface area contributed by atoms with Crippen LogP contribution in [0.15, 0.2) is 64.6 Å². The Bertz CT molecular complexity index is 1260. The van der Waals surface area contributed by atoms with Crippen LogP contribution in [0.25, 0.3) is 16.8 Å². The SMILES string of the molecule is Cc1ccc(/C=N/n2n[n+]3cc(-c4ccc(Cl)cc4)n(C)c(=O)c3c2[O-])cc1. The zero-order valence-corrected chi connectivity index (χ0v) is 16.0. The fourth-order valence-electron chi connectivity index (χ4n) is 2.86. The van der Waals surface area contributed by atoms with Crippen LogP contribution in [0.1, 0.15) is 11.1 Å². The molecule has 4 rings (SSSR count). The second-order valence-corrected chi connectivity index (χ2v) is 6.85. The molecule has 0 saturated carbocycles. The van der Waals surface area contributed by atoms with Crippen LogP contribution in [0.4, 0.5) is 0 Å². The number of hydrogen-bond acceptors (Lipinski definition) is 4. The van der Waals surface area contributed by atoms with Crippen molar-refractivity contribution in [1.29, 1.82) is 0 Å². The predicted molar refractivity (Wildman–Crippen MR) is 105 cm³/mol. The molecule has 140 valence electrons. The first-order valence-corrected chi connectivity index (χ1v) is 8.90. The van der Waals surface area contributed by atoms with Gasteiger partial charge in [0.05, 0.1) is 11.9 Å². The fraction of sp³-hybridized carbons (Fsp3) is 0.100. The maximum Gasteiger partial charge on any atom is 0.303 e. The molecule has 2 aromatic carbocycles. The lowest BCUT2D eigenvalue weighted by atomic mass is 10.1. The molecule has 28 heavy (non-hydrogen) atoms. The van der Waals surface area contributed by atoms with Gasteiger partial charge in [0, 0.05) is 17.6 Å². The molecule has 0 atom stereocenters. The lowest BCUT2D eigenvalue weighted by molar-refractivity contribution is -0.585. The minimum absolute atomic E-state index is 0.0683. The van der Waals surface area contributed by atoms with E-state index in [1.54, 1.807) is 37.5 Å². The van der Waals surface area contributed by atoms with Gasteiger partial charge in [-0.05, 0) is 29.4 Å². The molecule has 0 bridgehead atoms. The minimum atomic E-state index is -0.577. The number of aryl methyl sites for hydroxylation is 1. The topological polar surface area (TPSA) is 79.3 Å². The minimum Gasteiger partial charge on any atom is -0.836 e. The summed E-state index contributed by atoms with van der Waals surface area (Å²) in [5.41, 5.74) is 2.81. The van der Waals surface area contributed by atoms with Crippen molar-refractivity contribution in [1.82, 2.24) is 14.6 Å². The maximum atomic E-state index is 12.7. The molecule has 0 aliphatic heterocycles. The van der Waals surface area contributed by atoms with Crippen molar-refractivity contribution in [3.63, 3.8) is 0 Å². The fourth-order valence-corrected chi connectivity index (χ4v) is 2.98. The van der Waals surface area contributed by atoms with Gasteiger partial charge in [0.25, 0.3) is 5.52 Å². The van der Waals surface area contributed by atoms with E-state index < -0.39 is 11.4 Å². The van der Waals surface area contributed by atoms with Crippen LogP contribution >= 0.6 is 11.6 Å². The molecular weight excluding hydrogens is 378 g/mol. The van der Waals surface area contributed by atoms with Gasteiger partial charge in [-0.3, -0.25) is 4.79 Å². The van der Waals surface area contributed by atoms with Gasteiger partial charge in [0.1, 0.15) is 11.4 Å². The van der Waals surface area contributed by atoms with Gasteiger partial charge in [-0.15, -0.1) is 0 Å². The molecule has 0 aliphatic rings. The molecule has 0 N–H and O–H groups in total. The van der Waals surface area contributed by atoms with Crippen molar-refractivity contribution in [3.8, 4) is 17.1 Å². The summed E-state index contributed by atoms with van der Waals surface area (Å²) in [7, 11) is 1.61. The van der Waals surface area contributed by atoms with Gasteiger partial charge in [-0.1, -0.05) is 63.2 Å². The Kier molecular flexibility index (Phi) is 4.44. The standard InChI is InChI=1S/C20H16ClN5O2/c1-13-3-5-14(6-4-13)11-22-26-20(28)18-19(27)24(2)17(12-25(18)23-26)15-7-9-16(21)10-8-15/h3-12H,1-2H3/b22-11+. The molecule has 4 aromatic rings. The Morgan fingerprint density at radius 1 is 1.14 bits per heavy atom. The summed E-state index contributed by atoms with van der Waals surface area (Å²) < 4.78 is 2.68. The summed E-state index contributed by atoms with van der Waals surface area (Å²) in [6.07, 6.45) is 3.15. The second kappa shape index (κ2) is 6.94. The van der Waals surface area contributed by atoms with Crippen LogP contribution < -0.4 is 15.2 Å². The number of rotatable bonds is 3. The largest absolute Gasteiger partial charge is 0.836 e. The monoisotopic (exact) mass is 393 g/mol. The highest BCUT2D eigenvalue weighted by Crippen LogP contribution is 2.20. The molecule has 0 amide bonds. The molecule has 0 aliphatic carbocycles. The second-order valence-electron chi connectivity index (χ2n) is 6.42. The zero-order valence-electron chi connectivity index (χ0n) is 15.2. The first kappa shape index (κ1) is 17.9. The lowest BCUT2D eigenvalue weighted by Gasteiger charge is -2.06. The van der Waals surface area contributed by atoms with Gasteiger partial charge >= 0.3 is 5.56 Å². The van der Waals surface area contributed by atoms with E-state index >= 15 is 0 Å². The quantitative estimate of drug-likeness (QED) is 0.394. The van der Waals surface area contributed by atoms with Gasteiger partial charge in [0.2, 0.25) is 0 Å². The van der Waals surface area contributed by atoms with Crippen molar-refractivity contribution < 1.29 is 9.62 Å². The van der Waals surface area contributed by atoms with Crippen LogP contribution in [0.5, 0.6) is 5.88 Å². The van der Waals surface area contributed by atoms with Crippen LogP contribution in [-0.2, 0) is 7.05 Å². The molecule has 0 fully saturated rings. The third-order valence-corrected chi connectivity index (χ3v) is 4.69. The van der Waals surface area contributed by atoms with Gasteiger partial charge in [-0.2, -0.15) is 0 Å². The number of fused-ring (bicyclic) bond motifs is 1. The Morgan fingerprint density at radius 2 is 1.82 bits per heavy atom. The number of nitrogens with zero attached hydrogens (tertiary/aromatic N) is 5. The van der Waals surface area contributed by atoms with E-state index in [2.05, 4.69) is 10.3 Å². The zero-order chi connectivity index (χ0) is 19.8. The lowest BCUT2D eigenvalue weighted by Crippen LogP contribution is -2.35. The molecule has 2 aromatic heterocycles. The molecule has 8 heteroatoms. The number of halogens is 1. The van der Waals surface area contributed by atoms with E-state index in [9.17, 15) is 9.90 Å². The average Bonchev–Trinajstić information content (AvgIpc) is 3.01. The van der Waals surface area contributed by atoms with Crippen LogP contribution in [0.3, 0.4) is 0 Å².